The van der Waals surface area contributed by atoms with E-state index < -0.39 is 28.6 Å². The highest BCUT2D eigenvalue weighted by Gasteiger charge is 2.16. The maximum atomic E-state index is 11.8. The predicted octanol–water partition coefficient (Wildman–Crippen LogP) is 3.85. The van der Waals surface area contributed by atoms with Gasteiger partial charge in [0, 0.05) is 19.8 Å². The minimum atomic E-state index is -1.36. The molecule has 0 fully saturated rings. The number of nitrogens with zero attached hydrogens (tertiary/aromatic N) is 3. The van der Waals surface area contributed by atoms with Crippen LogP contribution in [0, 0.1) is 22.7 Å². The van der Waals surface area contributed by atoms with Gasteiger partial charge < -0.3 is 25.1 Å². The Hall–Kier alpha value is -5.94. The van der Waals surface area contributed by atoms with E-state index in [-0.39, 0.29) is 11.1 Å². The number of nitrogens with one attached hydrogen (secondary N) is 2. The van der Waals surface area contributed by atoms with Gasteiger partial charge in [-0.05, 0) is 59.5 Å². The number of pyridine rings is 2. The molecule has 0 aliphatic heterocycles. The van der Waals surface area contributed by atoms with Gasteiger partial charge in [0.2, 0.25) is 0 Å². The molecule has 0 aliphatic carbocycles. The molecule has 0 saturated carbocycles. The van der Waals surface area contributed by atoms with Gasteiger partial charge in [-0.15, -0.1) is 0 Å². The number of anilines is 1. The first kappa shape index (κ1) is 29.6. The van der Waals surface area contributed by atoms with E-state index in [9.17, 15) is 19.2 Å². The highest BCUT2D eigenvalue weighted by molar-refractivity contribution is 5.89. The predicted molar refractivity (Wildman–Crippen MR) is 152 cm³/mol. The number of rotatable bonds is 6. The Balaban J connectivity index is 0.000000226. The molecule has 2 aromatic carbocycles. The fourth-order valence-corrected chi connectivity index (χ4v) is 3.91. The monoisotopic (exact) mass is 551 g/mol. The number of aromatic nitrogens is 2. The lowest BCUT2D eigenvalue weighted by Gasteiger charge is -2.13. The molecule has 206 valence electrons. The highest BCUT2D eigenvalue weighted by Crippen LogP contribution is 2.24. The molecule has 0 amide bonds. The fraction of sp³-hybridized carbons (Fsp3) is 0.133. The van der Waals surface area contributed by atoms with E-state index in [2.05, 4.69) is 9.97 Å². The van der Waals surface area contributed by atoms with E-state index >= 15 is 0 Å². The topological polar surface area (TPSA) is 191 Å². The van der Waals surface area contributed by atoms with Gasteiger partial charge >= 0.3 is 11.9 Å². The Morgan fingerprint density at radius 3 is 1.73 bits per heavy atom. The molecule has 11 nitrogen and oxygen atoms in total. The van der Waals surface area contributed by atoms with Gasteiger partial charge in [0.05, 0.1) is 28.6 Å². The summed E-state index contributed by atoms with van der Waals surface area (Å²) in [6.45, 7) is 1.88. The number of aryl methyl sites for hydroxylation is 1. The summed E-state index contributed by atoms with van der Waals surface area (Å²) in [5.74, 6) is -2.60. The zero-order chi connectivity index (χ0) is 30.3. The van der Waals surface area contributed by atoms with Gasteiger partial charge in [0.25, 0.3) is 11.1 Å². The zero-order valence-electron chi connectivity index (χ0n) is 22.3. The van der Waals surface area contributed by atoms with E-state index in [0.29, 0.717) is 28.9 Å². The van der Waals surface area contributed by atoms with Crippen LogP contribution in [-0.4, -0.2) is 46.2 Å². The number of hydrogen-bond acceptors (Lipinski definition) is 7. The van der Waals surface area contributed by atoms with E-state index in [1.165, 1.54) is 6.07 Å². The second-order valence-corrected chi connectivity index (χ2v) is 8.92. The third-order valence-corrected chi connectivity index (χ3v) is 6.10. The van der Waals surface area contributed by atoms with Crippen LogP contribution in [-0.2, 0) is 6.42 Å². The number of carboxylic acids is 2. The maximum Gasteiger partial charge on any atom is 0.341 e. The molecule has 0 atom stereocenters. The Morgan fingerprint density at radius 2 is 1.27 bits per heavy atom. The average molecular weight is 552 g/mol. The Kier molecular flexibility index (Phi) is 9.20. The molecule has 4 N–H and O–H groups in total. The first-order valence-electron chi connectivity index (χ1n) is 12.2. The summed E-state index contributed by atoms with van der Waals surface area (Å²) < 4.78 is 0. The molecule has 0 spiro atoms. The number of nitriles is 2. The summed E-state index contributed by atoms with van der Waals surface area (Å²) in [5.41, 5.74) is 2.59. The molecule has 2 aromatic heterocycles. The van der Waals surface area contributed by atoms with Crippen molar-refractivity contribution in [3.63, 3.8) is 0 Å². The molecule has 0 radical (unpaired) electrons. The van der Waals surface area contributed by atoms with Crippen LogP contribution in [0.2, 0.25) is 0 Å². The summed E-state index contributed by atoms with van der Waals surface area (Å²) in [5, 5.41) is 35.8. The van der Waals surface area contributed by atoms with Crippen LogP contribution in [0.4, 0.5) is 5.69 Å². The minimum absolute atomic E-state index is 0.115. The van der Waals surface area contributed by atoms with Crippen molar-refractivity contribution in [1.82, 2.24) is 9.97 Å². The van der Waals surface area contributed by atoms with Crippen LogP contribution in [0.3, 0.4) is 0 Å². The van der Waals surface area contributed by atoms with Crippen molar-refractivity contribution in [2.24, 2.45) is 0 Å². The lowest BCUT2D eigenvalue weighted by Crippen LogP contribution is -2.19. The second-order valence-electron chi connectivity index (χ2n) is 8.92. The van der Waals surface area contributed by atoms with Crippen molar-refractivity contribution in [3.05, 3.63) is 109 Å². The van der Waals surface area contributed by atoms with Gasteiger partial charge in [-0.3, -0.25) is 9.59 Å². The SMILES string of the molecule is CCc1cc(C(=O)O)c(=O)[nH]c1-c1ccc(C#N)cc1.CN(C)c1ccc(-c2[nH]c(=O)c(C(=O)O)cc2C#N)cc1. The van der Waals surface area contributed by atoms with Crippen molar-refractivity contribution in [1.29, 1.82) is 10.5 Å². The second kappa shape index (κ2) is 12.7. The Bertz CT molecular complexity index is 1810. The first-order valence-corrected chi connectivity index (χ1v) is 12.2. The highest BCUT2D eigenvalue weighted by atomic mass is 16.4. The molecule has 41 heavy (non-hydrogen) atoms. The van der Waals surface area contributed by atoms with Crippen LogP contribution in [0.1, 0.15) is 44.3 Å². The molecular weight excluding hydrogens is 526 g/mol. The summed E-state index contributed by atoms with van der Waals surface area (Å²) >= 11 is 0. The largest absolute Gasteiger partial charge is 0.477 e. The minimum Gasteiger partial charge on any atom is -0.477 e. The van der Waals surface area contributed by atoms with Crippen molar-refractivity contribution >= 4 is 17.6 Å². The maximum absolute atomic E-state index is 11.8. The fourth-order valence-electron chi connectivity index (χ4n) is 3.91. The third-order valence-electron chi connectivity index (χ3n) is 6.10. The van der Waals surface area contributed by atoms with Crippen molar-refractivity contribution in [2.45, 2.75) is 13.3 Å². The summed E-state index contributed by atoms with van der Waals surface area (Å²) in [6, 6.07) is 20.4. The molecule has 0 saturated heterocycles. The quantitative estimate of drug-likeness (QED) is 0.275. The lowest BCUT2D eigenvalue weighted by molar-refractivity contribution is 0.0684. The van der Waals surface area contributed by atoms with Crippen LogP contribution in [0.15, 0.2) is 70.3 Å². The molecule has 11 heteroatoms. The first-order chi connectivity index (χ1) is 19.5. The number of carbonyl (C=O) groups is 2. The molecule has 0 aliphatic rings. The van der Waals surface area contributed by atoms with Gasteiger partial charge in [-0.2, -0.15) is 10.5 Å². The smallest absolute Gasteiger partial charge is 0.341 e. The van der Waals surface area contributed by atoms with Gasteiger partial charge in [0.1, 0.15) is 17.2 Å². The molecule has 0 unspecified atom stereocenters. The molecule has 2 heterocycles. The van der Waals surface area contributed by atoms with Crippen LogP contribution in [0.5, 0.6) is 0 Å². The average Bonchev–Trinajstić information content (AvgIpc) is 2.97. The van der Waals surface area contributed by atoms with Crippen LogP contribution >= 0.6 is 0 Å². The van der Waals surface area contributed by atoms with E-state index in [0.717, 1.165) is 22.9 Å². The number of hydrogen-bond donors (Lipinski definition) is 4. The summed E-state index contributed by atoms with van der Waals surface area (Å²) in [7, 11) is 3.80. The number of H-pyrrole nitrogens is 2. The number of aromatic amines is 2. The van der Waals surface area contributed by atoms with Crippen LogP contribution < -0.4 is 16.0 Å². The lowest BCUT2D eigenvalue weighted by atomic mass is 10.0. The van der Waals surface area contributed by atoms with E-state index in [4.69, 9.17) is 20.7 Å². The zero-order valence-corrected chi connectivity index (χ0v) is 22.3. The third kappa shape index (κ3) is 6.74. The van der Waals surface area contributed by atoms with Gasteiger partial charge in [-0.25, -0.2) is 9.59 Å². The van der Waals surface area contributed by atoms with E-state index in [1.54, 1.807) is 36.4 Å². The van der Waals surface area contributed by atoms with Crippen molar-refractivity contribution in [2.75, 3.05) is 19.0 Å². The van der Waals surface area contributed by atoms with Crippen LogP contribution in [0.25, 0.3) is 22.5 Å². The molecular formula is C30H25N5O6. The summed E-state index contributed by atoms with van der Waals surface area (Å²) in [6.07, 6.45) is 0.590. The molecule has 0 bridgehead atoms. The Labute approximate surface area is 234 Å². The molecule has 4 aromatic rings. The normalized spacial score (nSPS) is 9.98. The van der Waals surface area contributed by atoms with Gasteiger partial charge in [-0.1, -0.05) is 31.2 Å². The number of aromatic carboxylic acids is 2. The number of benzene rings is 2. The Morgan fingerprint density at radius 1 is 0.780 bits per heavy atom. The van der Waals surface area contributed by atoms with E-state index in [1.807, 2.05) is 50.2 Å². The van der Waals surface area contributed by atoms with Crippen molar-refractivity contribution in [3.8, 4) is 34.7 Å². The standard InChI is InChI=1S/C15H13N3O3.C15H12N2O3/c1-18(2)11-5-3-9(4-6-11)13-10(8-16)7-12(15(20)21)14(19)17-13;1-2-10-7-12(15(19)20)14(18)17-13(10)11-5-3-9(8-16)4-6-11/h3-7H,1-2H3,(H,17,19)(H,20,21);3-7H,2H2,1H3,(H,17,18)(H,19,20). The summed E-state index contributed by atoms with van der Waals surface area (Å²) in [4.78, 5) is 52.4. The van der Waals surface area contributed by atoms with Gasteiger partial charge in [0.15, 0.2) is 0 Å². The van der Waals surface area contributed by atoms with Crippen molar-refractivity contribution < 1.29 is 19.8 Å². The number of carboxylic acid groups (broad SMARTS) is 2. The molecule has 4 rings (SSSR count).